The minimum atomic E-state index is 1.03. The van der Waals surface area contributed by atoms with Gasteiger partial charge in [-0.3, -0.25) is 0 Å². The molecule has 4 aromatic rings. The number of benzene rings is 2. The van der Waals surface area contributed by atoms with Gasteiger partial charge in [-0.2, -0.15) is 0 Å². The fourth-order valence-corrected chi connectivity index (χ4v) is 6.28. The Kier molecular flexibility index (Phi) is 11.6. The number of aromatic nitrogens is 2. The first-order valence-electron chi connectivity index (χ1n) is 16.5. The van der Waals surface area contributed by atoms with Gasteiger partial charge in [0.05, 0.1) is 22.4 Å². The summed E-state index contributed by atoms with van der Waals surface area (Å²) < 4.78 is 0. The molecule has 40 heavy (non-hydrogen) atoms. The Morgan fingerprint density at radius 1 is 0.500 bits per heavy atom. The monoisotopic (exact) mass is 536 g/mol. The van der Waals surface area contributed by atoms with Gasteiger partial charge in [0, 0.05) is 10.8 Å². The second-order valence-corrected chi connectivity index (χ2v) is 11.7. The van der Waals surface area contributed by atoms with Crippen molar-refractivity contribution >= 4 is 21.8 Å². The molecule has 0 saturated heterocycles. The maximum atomic E-state index is 5.57. The van der Waals surface area contributed by atoms with Gasteiger partial charge in [0.2, 0.25) is 0 Å². The zero-order chi connectivity index (χ0) is 28.3. The minimum absolute atomic E-state index is 1.03. The summed E-state index contributed by atoms with van der Waals surface area (Å²) in [4.78, 5) is 10.8. The van der Waals surface area contributed by atoms with Gasteiger partial charge in [0.1, 0.15) is 0 Å². The lowest BCUT2D eigenvalue weighted by Gasteiger charge is -2.24. The van der Waals surface area contributed by atoms with Crippen LogP contribution in [0.4, 0.5) is 0 Å². The molecule has 0 aliphatic carbocycles. The number of aryl methyl sites for hydroxylation is 3. The highest BCUT2D eigenvalue weighted by atomic mass is 14.8. The molecule has 2 aromatic carbocycles. The number of pyridine rings is 2. The predicted molar refractivity (Wildman–Crippen MR) is 176 cm³/mol. The number of fused-ring (bicyclic) bond motifs is 2. The van der Waals surface area contributed by atoms with Crippen molar-refractivity contribution in [2.24, 2.45) is 0 Å². The van der Waals surface area contributed by atoms with E-state index in [1.807, 2.05) is 0 Å². The van der Waals surface area contributed by atoms with Crippen LogP contribution in [-0.2, 0) is 32.1 Å². The number of para-hydroxylation sites is 1. The summed E-state index contributed by atoms with van der Waals surface area (Å²) in [6.07, 6.45) is 18.0. The third-order valence-corrected chi connectivity index (χ3v) is 8.57. The van der Waals surface area contributed by atoms with E-state index in [0.717, 1.165) is 36.2 Å². The highest BCUT2D eigenvalue weighted by molar-refractivity contribution is 5.92. The van der Waals surface area contributed by atoms with Crippen molar-refractivity contribution in [3.05, 3.63) is 70.3 Å². The quantitative estimate of drug-likeness (QED) is 0.142. The van der Waals surface area contributed by atoms with E-state index >= 15 is 0 Å². The molecular formula is C38H52N2. The lowest BCUT2D eigenvalue weighted by Crippen LogP contribution is -2.10. The molecule has 4 rings (SSSR count). The average Bonchev–Trinajstić information content (AvgIpc) is 2.99. The van der Waals surface area contributed by atoms with Crippen LogP contribution in [0.5, 0.6) is 0 Å². The Morgan fingerprint density at radius 3 is 1.70 bits per heavy atom. The molecule has 2 heterocycles. The van der Waals surface area contributed by atoms with Crippen LogP contribution >= 0.6 is 0 Å². The molecule has 0 fully saturated rings. The van der Waals surface area contributed by atoms with Crippen molar-refractivity contribution in [1.82, 2.24) is 9.97 Å². The molecule has 0 saturated carbocycles. The second-order valence-electron chi connectivity index (χ2n) is 11.7. The van der Waals surface area contributed by atoms with Crippen molar-refractivity contribution < 1.29 is 0 Å². The van der Waals surface area contributed by atoms with Gasteiger partial charge in [-0.05, 0) is 110 Å². The summed E-state index contributed by atoms with van der Waals surface area (Å²) in [6.45, 7) is 11.6. The van der Waals surface area contributed by atoms with Crippen molar-refractivity contribution in [3.8, 4) is 11.4 Å². The van der Waals surface area contributed by atoms with Crippen LogP contribution in [0, 0.1) is 0 Å². The number of unbranched alkanes of at least 4 members (excludes halogenated alkanes) is 5. The summed E-state index contributed by atoms with van der Waals surface area (Å²) in [5, 5.41) is 2.70. The summed E-state index contributed by atoms with van der Waals surface area (Å²) in [7, 11) is 0. The molecule has 2 aromatic heterocycles. The van der Waals surface area contributed by atoms with E-state index in [9.17, 15) is 0 Å². The number of rotatable bonds is 16. The third-order valence-electron chi connectivity index (χ3n) is 8.57. The number of nitrogens with zero attached hydrogens (tertiary/aromatic N) is 2. The van der Waals surface area contributed by atoms with E-state index in [1.165, 1.54) is 98.9 Å². The first-order chi connectivity index (χ1) is 19.7. The molecule has 0 aliphatic rings. The lowest BCUT2D eigenvalue weighted by atomic mass is 9.83. The Balaban J connectivity index is 2.08. The first kappa shape index (κ1) is 30.2. The molecule has 0 bridgehead atoms. The molecule has 214 valence electrons. The molecule has 0 radical (unpaired) electrons. The maximum Gasteiger partial charge on any atom is 0.0928 e. The van der Waals surface area contributed by atoms with Gasteiger partial charge in [0.15, 0.2) is 0 Å². The van der Waals surface area contributed by atoms with Crippen LogP contribution in [0.3, 0.4) is 0 Å². The standard InChI is InChI=1S/C38H52N2/c1-6-11-18-29-27-36-37(31(21-13-8-3)30(29)20-12-7-2)32(22-14-9-4)33(23-15-10-5)38(40-36)35-26-25-28-19-16-17-24-34(28)39-35/h16-17,19,24-27H,6-15,18,20-23H2,1-5H3. The Hall–Kier alpha value is -2.74. The highest BCUT2D eigenvalue weighted by Gasteiger charge is 2.22. The molecule has 0 spiro atoms. The Morgan fingerprint density at radius 2 is 1.05 bits per heavy atom. The van der Waals surface area contributed by atoms with Crippen molar-refractivity contribution in [2.75, 3.05) is 0 Å². The van der Waals surface area contributed by atoms with E-state index in [4.69, 9.17) is 9.97 Å². The molecule has 2 heteroatoms. The zero-order valence-corrected chi connectivity index (χ0v) is 26.0. The largest absolute Gasteiger partial charge is 0.246 e. The van der Waals surface area contributed by atoms with Crippen LogP contribution in [0.25, 0.3) is 33.2 Å². The molecular weight excluding hydrogens is 484 g/mol. The molecule has 0 atom stereocenters. The van der Waals surface area contributed by atoms with Crippen LogP contribution in [0.1, 0.15) is 127 Å². The van der Waals surface area contributed by atoms with Crippen LogP contribution in [0.15, 0.2) is 42.5 Å². The smallest absolute Gasteiger partial charge is 0.0928 e. The van der Waals surface area contributed by atoms with Gasteiger partial charge >= 0.3 is 0 Å². The molecule has 0 amide bonds. The van der Waals surface area contributed by atoms with E-state index in [1.54, 1.807) is 22.3 Å². The maximum absolute atomic E-state index is 5.57. The van der Waals surface area contributed by atoms with Crippen LogP contribution < -0.4 is 0 Å². The summed E-state index contributed by atoms with van der Waals surface area (Å²) in [5.41, 5.74) is 12.3. The normalized spacial score (nSPS) is 11.6. The van der Waals surface area contributed by atoms with Gasteiger partial charge in [-0.15, -0.1) is 0 Å². The van der Waals surface area contributed by atoms with Crippen molar-refractivity contribution in [1.29, 1.82) is 0 Å². The Labute approximate surface area is 244 Å². The lowest BCUT2D eigenvalue weighted by molar-refractivity contribution is 0.735. The van der Waals surface area contributed by atoms with Crippen molar-refractivity contribution in [3.63, 3.8) is 0 Å². The molecule has 0 aliphatic heterocycles. The fraction of sp³-hybridized carbons (Fsp3) is 0.526. The highest BCUT2D eigenvalue weighted by Crippen LogP contribution is 2.38. The van der Waals surface area contributed by atoms with Crippen molar-refractivity contribution in [2.45, 2.75) is 131 Å². The van der Waals surface area contributed by atoms with E-state index in [2.05, 4.69) is 77.1 Å². The Bertz CT molecular complexity index is 1380. The summed E-state index contributed by atoms with van der Waals surface area (Å²) >= 11 is 0. The van der Waals surface area contributed by atoms with E-state index < -0.39 is 0 Å². The predicted octanol–water partition coefficient (Wildman–Crippen LogP) is 11.2. The number of hydrogen-bond acceptors (Lipinski definition) is 2. The SMILES string of the molecule is CCCCc1cc2nc(-c3ccc4ccccc4n3)c(CCCC)c(CCCC)c2c(CCCC)c1CCCC. The second kappa shape index (κ2) is 15.3. The van der Waals surface area contributed by atoms with Gasteiger partial charge in [-0.25, -0.2) is 9.97 Å². The third kappa shape index (κ3) is 6.93. The summed E-state index contributed by atoms with van der Waals surface area (Å²) in [5.74, 6) is 0. The average molecular weight is 537 g/mol. The zero-order valence-electron chi connectivity index (χ0n) is 26.0. The molecule has 0 unspecified atom stereocenters. The topological polar surface area (TPSA) is 25.8 Å². The minimum Gasteiger partial charge on any atom is -0.246 e. The molecule has 0 N–H and O–H groups in total. The first-order valence-corrected chi connectivity index (χ1v) is 16.5. The van der Waals surface area contributed by atoms with Crippen LogP contribution in [0.2, 0.25) is 0 Å². The van der Waals surface area contributed by atoms with E-state index in [-0.39, 0.29) is 0 Å². The van der Waals surface area contributed by atoms with Gasteiger partial charge in [0.25, 0.3) is 0 Å². The van der Waals surface area contributed by atoms with Crippen LogP contribution in [-0.4, -0.2) is 9.97 Å². The van der Waals surface area contributed by atoms with Gasteiger partial charge in [-0.1, -0.05) is 91.0 Å². The fourth-order valence-electron chi connectivity index (χ4n) is 6.28. The summed E-state index contributed by atoms with van der Waals surface area (Å²) in [6, 6.07) is 15.4. The van der Waals surface area contributed by atoms with E-state index in [0.29, 0.717) is 0 Å². The molecule has 2 nitrogen and oxygen atoms in total. The number of hydrogen-bond donors (Lipinski definition) is 0. The van der Waals surface area contributed by atoms with Gasteiger partial charge < -0.3 is 0 Å².